The van der Waals surface area contributed by atoms with Crippen LogP contribution >= 0.6 is 0 Å². The second kappa shape index (κ2) is 8.86. The van der Waals surface area contributed by atoms with Crippen LogP contribution in [0.5, 0.6) is 0 Å². The van der Waals surface area contributed by atoms with Crippen LogP contribution in [0.2, 0.25) is 0 Å². The maximum Gasteiger partial charge on any atom is 0.257 e. The van der Waals surface area contributed by atoms with Gasteiger partial charge < -0.3 is 19.0 Å². The predicted octanol–water partition coefficient (Wildman–Crippen LogP) is 2.81. The van der Waals surface area contributed by atoms with Gasteiger partial charge in [0, 0.05) is 19.6 Å². The lowest BCUT2D eigenvalue weighted by molar-refractivity contribution is -0.132. The Hall–Kier alpha value is -2.60. The third-order valence-electron chi connectivity index (χ3n) is 4.50. The van der Waals surface area contributed by atoms with Crippen molar-refractivity contribution in [1.29, 1.82) is 0 Å². The highest BCUT2D eigenvalue weighted by Crippen LogP contribution is 2.15. The SMILES string of the molecule is CC(C)CN1CC(OCc2ccccc2)CN(C(=O)c2ccoc2)CC1=O. The number of rotatable bonds is 6. The van der Waals surface area contributed by atoms with E-state index >= 15 is 0 Å². The highest BCUT2D eigenvalue weighted by Gasteiger charge is 2.31. The molecule has 0 saturated carbocycles. The predicted molar refractivity (Wildman–Crippen MR) is 101 cm³/mol. The Kier molecular flexibility index (Phi) is 6.29. The molecule has 1 saturated heterocycles. The van der Waals surface area contributed by atoms with E-state index in [1.54, 1.807) is 11.0 Å². The summed E-state index contributed by atoms with van der Waals surface area (Å²) in [6.45, 7) is 6.16. The van der Waals surface area contributed by atoms with Gasteiger partial charge in [-0.05, 0) is 17.5 Å². The van der Waals surface area contributed by atoms with Crippen LogP contribution in [0, 0.1) is 5.92 Å². The van der Waals surface area contributed by atoms with Crippen molar-refractivity contribution in [3.05, 3.63) is 60.1 Å². The fraction of sp³-hybridized carbons (Fsp3) is 0.429. The molecular weight excluding hydrogens is 344 g/mol. The van der Waals surface area contributed by atoms with Crippen LogP contribution in [-0.4, -0.2) is 53.9 Å². The van der Waals surface area contributed by atoms with Crippen molar-refractivity contribution >= 4 is 11.8 Å². The van der Waals surface area contributed by atoms with Crippen molar-refractivity contribution in [2.24, 2.45) is 5.92 Å². The molecule has 1 unspecified atom stereocenters. The Morgan fingerprint density at radius 3 is 2.67 bits per heavy atom. The summed E-state index contributed by atoms with van der Waals surface area (Å²) in [4.78, 5) is 28.8. The van der Waals surface area contributed by atoms with Crippen molar-refractivity contribution in [2.75, 3.05) is 26.2 Å². The van der Waals surface area contributed by atoms with Crippen LogP contribution in [0.4, 0.5) is 0 Å². The molecule has 0 bridgehead atoms. The monoisotopic (exact) mass is 370 g/mol. The number of carbonyl (C=O) groups excluding carboxylic acids is 2. The van der Waals surface area contributed by atoms with E-state index in [1.807, 2.05) is 35.2 Å². The number of hydrogen-bond acceptors (Lipinski definition) is 4. The lowest BCUT2D eigenvalue weighted by Gasteiger charge is -2.26. The zero-order valence-electron chi connectivity index (χ0n) is 15.8. The number of carbonyl (C=O) groups is 2. The van der Waals surface area contributed by atoms with Gasteiger partial charge in [-0.3, -0.25) is 9.59 Å². The number of amides is 2. The van der Waals surface area contributed by atoms with Crippen molar-refractivity contribution in [1.82, 2.24) is 9.80 Å². The zero-order valence-corrected chi connectivity index (χ0v) is 15.8. The molecule has 0 spiro atoms. The second-order valence-corrected chi connectivity index (χ2v) is 7.31. The molecule has 1 aromatic heterocycles. The lowest BCUT2D eigenvalue weighted by Crippen LogP contribution is -2.40. The van der Waals surface area contributed by atoms with Crippen molar-refractivity contribution in [3.63, 3.8) is 0 Å². The molecule has 2 aromatic rings. The molecule has 0 radical (unpaired) electrons. The van der Waals surface area contributed by atoms with E-state index in [1.165, 1.54) is 12.5 Å². The van der Waals surface area contributed by atoms with E-state index in [4.69, 9.17) is 9.15 Å². The summed E-state index contributed by atoms with van der Waals surface area (Å²) in [6, 6.07) is 11.5. The second-order valence-electron chi connectivity index (χ2n) is 7.31. The molecule has 0 N–H and O–H groups in total. The fourth-order valence-corrected chi connectivity index (χ4v) is 3.21. The third kappa shape index (κ3) is 5.20. The summed E-state index contributed by atoms with van der Waals surface area (Å²) in [5.41, 5.74) is 1.51. The maximum atomic E-state index is 12.7. The molecule has 1 aromatic carbocycles. The number of hydrogen-bond donors (Lipinski definition) is 0. The molecule has 2 amide bonds. The number of furan rings is 1. The van der Waals surface area contributed by atoms with Gasteiger partial charge in [0.05, 0.1) is 24.5 Å². The summed E-state index contributed by atoms with van der Waals surface area (Å²) in [7, 11) is 0. The largest absolute Gasteiger partial charge is 0.472 e. The van der Waals surface area contributed by atoms with Crippen LogP contribution in [0.15, 0.2) is 53.3 Å². The normalized spacial score (nSPS) is 18.0. The van der Waals surface area contributed by atoms with Gasteiger partial charge in [-0.1, -0.05) is 44.2 Å². The first kappa shape index (κ1) is 19.2. The number of nitrogens with zero attached hydrogens (tertiary/aromatic N) is 2. The van der Waals surface area contributed by atoms with Crippen LogP contribution in [0.1, 0.15) is 29.8 Å². The average Bonchev–Trinajstić information content (AvgIpc) is 3.14. The van der Waals surface area contributed by atoms with Crippen molar-refractivity contribution in [3.8, 4) is 0 Å². The molecule has 1 aliphatic heterocycles. The van der Waals surface area contributed by atoms with E-state index in [0.717, 1.165) is 5.56 Å². The lowest BCUT2D eigenvalue weighted by atomic mass is 10.2. The van der Waals surface area contributed by atoms with Crippen molar-refractivity contribution < 1.29 is 18.7 Å². The van der Waals surface area contributed by atoms with Crippen LogP contribution in [0.25, 0.3) is 0 Å². The zero-order chi connectivity index (χ0) is 19.2. The van der Waals surface area contributed by atoms with Gasteiger partial charge in [-0.2, -0.15) is 0 Å². The summed E-state index contributed by atoms with van der Waals surface area (Å²) >= 11 is 0. The van der Waals surface area contributed by atoms with Gasteiger partial charge in [-0.25, -0.2) is 0 Å². The quantitative estimate of drug-likeness (QED) is 0.784. The Morgan fingerprint density at radius 2 is 2.00 bits per heavy atom. The fourth-order valence-electron chi connectivity index (χ4n) is 3.21. The summed E-state index contributed by atoms with van der Waals surface area (Å²) < 4.78 is 11.1. The number of ether oxygens (including phenoxy) is 1. The summed E-state index contributed by atoms with van der Waals surface area (Å²) in [6.07, 6.45) is 2.62. The number of benzene rings is 1. The van der Waals surface area contributed by atoms with Gasteiger partial charge >= 0.3 is 0 Å². The molecule has 3 rings (SSSR count). The van der Waals surface area contributed by atoms with Crippen LogP contribution < -0.4 is 0 Å². The van der Waals surface area contributed by atoms with Gasteiger partial charge in [0.15, 0.2) is 0 Å². The first-order valence-corrected chi connectivity index (χ1v) is 9.27. The van der Waals surface area contributed by atoms with E-state index in [-0.39, 0.29) is 24.5 Å². The van der Waals surface area contributed by atoms with Crippen LogP contribution in [-0.2, 0) is 16.1 Å². The first-order valence-electron chi connectivity index (χ1n) is 9.27. The summed E-state index contributed by atoms with van der Waals surface area (Å²) in [5, 5.41) is 0. The molecule has 144 valence electrons. The molecule has 1 aliphatic rings. The highest BCUT2D eigenvalue weighted by atomic mass is 16.5. The van der Waals surface area contributed by atoms with E-state index in [9.17, 15) is 9.59 Å². The smallest absolute Gasteiger partial charge is 0.257 e. The maximum absolute atomic E-state index is 12.7. The van der Waals surface area contributed by atoms with Gasteiger partial charge in [-0.15, -0.1) is 0 Å². The minimum atomic E-state index is -0.244. The molecule has 1 fully saturated rings. The first-order chi connectivity index (χ1) is 13.0. The summed E-state index contributed by atoms with van der Waals surface area (Å²) in [5.74, 6) is 0.0861. The molecule has 0 aliphatic carbocycles. The van der Waals surface area contributed by atoms with Gasteiger partial charge in [0.25, 0.3) is 5.91 Å². The van der Waals surface area contributed by atoms with Gasteiger partial charge in [0.2, 0.25) is 5.91 Å². The Bertz CT molecular complexity index is 743. The molecule has 1 atom stereocenters. The standard InChI is InChI=1S/C21H26N2O4/c1-16(2)10-22-11-19(27-14-17-6-4-3-5-7-17)12-23(13-20(22)24)21(25)18-8-9-26-15-18/h3-9,15-16,19H,10-14H2,1-2H3. The molecular formula is C21H26N2O4. The molecule has 27 heavy (non-hydrogen) atoms. The Labute approximate surface area is 159 Å². The minimum absolute atomic E-state index is 0.0497. The van der Waals surface area contributed by atoms with E-state index in [2.05, 4.69) is 13.8 Å². The molecule has 6 heteroatoms. The average molecular weight is 370 g/mol. The Balaban J connectivity index is 1.74. The third-order valence-corrected chi connectivity index (χ3v) is 4.50. The van der Waals surface area contributed by atoms with E-state index < -0.39 is 0 Å². The van der Waals surface area contributed by atoms with Crippen LogP contribution in [0.3, 0.4) is 0 Å². The van der Waals surface area contributed by atoms with Gasteiger partial charge in [0.1, 0.15) is 12.8 Å². The molecule has 2 heterocycles. The molecule has 6 nitrogen and oxygen atoms in total. The Morgan fingerprint density at radius 1 is 1.22 bits per heavy atom. The van der Waals surface area contributed by atoms with E-state index in [0.29, 0.717) is 37.7 Å². The van der Waals surface area contributed by atoms with Crippen molar-refractivity contribution in [2.45, 2.75) is 26.6 Å². The highest BCUT2D eigenvalue weighted by molar-refractivity contribution is 5.96. The minimum Gasteiger partial charge on any atom is -0.472 e. The topological polar surface area (TPSA) is 63.0 Å².